The molecule has 0 saturated carbocycles. The second-order valence-electron chi connectivity index (χ2n) is 3.57. The summed E-state index contributed by atoms with van der Waals surface area (Å²) in [7, 11) is -3.69. The van der Waals surface area contributed by atoms with Crippen molar-refractivity contribution in [3.63, 3.8) is 0 Å². The molecule has 0 aromatic carbocycles. The molecule has 15 heavy (non-hydrogen) atoms. The maximum absolute atomic E-state index is 11.5. The van der Waals surface area contributed by atoms with Gasteiger partial charge in [-0.05, 0) is 5.92 Å². The third kappa shape index (κ3) is 5.34. The number of carbonyl (C=O) groups excluding carboxylic acids is 1. The first-order valence-electron chi connectivity index (χ1n) is 4.42. The van der Waals surface area contributed by atoms with E-state index in [0.717, 1.165) is 4.31 Å². The van der Waals surface area contributed by atoms with Gasteiger partial charge in [-0.3, -0.25) is 4.79 Å². The number of nitrogens with two attached hydrogens (primary N) is 1. The van der Waals surface area contributed by atoms with E-state index in [1.165, 1.54) is 0 Å². The summed E-state index contributed by atoms with van der Waals surface area (Å²) in [6.07, 6.45) is 0. The second-order valence-corrected chi connectivity index (χ2v) is 5.54. The predicted molar refractivity (Wildman–Crippen MR) is 55.0 cm³/mol. The van der Waals surface area contributed by atoms with Gasteiger partial charge in [0, 0.05) is 6.54 Å². The Balaban J connectivity index is 4.78. The van der Waals surface area contributed by atoms with Crippen LogP contribution < -0.4 is 5.73 Å². The molecule has 0 rings (SSSR count). The van der Waals surface area contributed by atoms with Crippen LogP contribution in [0.25, 0.3) is 0 Å². The minimum atomic E-state index is -3.69. The van der Waals surface area contributed by atoms with Gasteiger partial charge >= 0.3 is 0 Å². The fourth-order valence-electron chi connectivity index (χ4n) is 1.03. The van der Waals surface area contributed by atoms with Crippen LogP contribution in [0.3, 0.4) is 0 Å². The molecule has 0 aliphatic rings. The molecule has 0 bridgehead atoms. The molecule has 0 atom stereocenters. The Morgan fingerprint density at radius 1 is 1.53 bits per heavy atom. The van der Waals surface area contributed by atoms with Crippen molar-refractivity contribution in [2.45, 2.75) is 13.8 Å². The molecular formula is C8H15N3O3S. The first-order valence-corrected chi connectivity index (χ1v) is 6.03. The minimum absolute atomic E-state index is 0.0674. The third-order valence-electron chi connectivity index (χ3n) is 1.54. The van der Waals surface area contributed by atoms with Gasteiger partial charge in [-0.1, -0.05) is 13.8 Å². The number of hydrogen-bond donors (Lipinski definition) is 1. The van der Waals surface area contributed by atoms with Gasteiger partial charge in [0.05, 0.1) is 12.6 Å². The Morgan fingerprint density at radius 2 is 2.07 bits per heavy atom. The lowest BCUT2D eigenvalue weighted by atomic mass is 10.2. The topological polar surface area (TPSA) is 104 Å². The standard InChI is InChI=1S/C8H15N3O3S/c1-7(2)5-11(6-8(10)12)15(13,14)4-3-9/h7H,4-6H2,1-2H3,(H2,10,12). The molecule has 0 aromatic rings. The second kappa shape index (κ2) is 5.68. The number of nitriles is 1. The molecule has 86 valence electrons. The van der Waals surface area contributed by atoms with Crippen molar-refractivity contribution in [3.8, 4) is 6.07 Å². The average molecular weight is 233 g/mol. The van der Waals surface area contributed by atoms with Crippen molar-refractivity contribution in [2.24, 2.45) is 11.7 Å². The Labute approximate surface area is 89.7 Å². The lowest BCUT2D eigenvalue weighted by Gasteiger charge is -2.20. The van der Waals surface area contributed by atoms with E-state index in [0.29, 0.717) is 0 Å². The van der Waals surface area contributed by atoms with Crippen LogP contribution in [0.1, 0.15) is 13.8 Å². The van der Waals surface area contributed by atoms with Crippen LogP contribution in [0.4, 0.5) is 0 Å². The smallest absolute Gasteiger partial charge is 0.232 e. The van der Waals surface area contributed by atoms with Crippen molar-refractivity contribution < 1.29 is 13.2 Å². The summed E-state index contributed by atoms with van der Waals surface area (Å²) in [6.45, 7) is 3.45. The molecule has 7 heteroatoms. The number of rotatable bonds is 6. The Hall–Kier alpha value is -1.13. The van der Waals surface area contributed by atoms with E-state index in [1.807, 2.05) is 13.8 Å². The molecule has 0 heterocycles. The summed E-state index contributed by atoms with van der Waals surface area (Å²) in [5, 5.41) is 8.35. The van der Waals surface area contributed by atoms with Crippen LogP contribution in [0.15, 0.2) is 0 Å². The first kappa shape index (κ1) is 13.9. The van der Waals surface area contributed by atoms with Crippen molar-refractivity contribution in [3.05, 3.63) is 0 Å². The molecule has 0 aliphatic heterocycles. The summed E-state index contributed by atoms with van der Waals surface area (Å²) >= 11 is 0. The van der Waals surface area contributed by atoms with E-state index in [9.17, 15) is 13.2 Å². The largest absolute Gasteiger partial charge is 0.369 e. The lowest BCUT2D eigenvalue weighted by molar-refractivity contribution is -0.118. The maximum atomic E-state index is 11.5. The van der Waals surface area contributed by atoms with Crippen molar-refractivity contribution in [1.29, 1.82) is 5.26 Å². The van der Waals surface area contributed by atoms with Gasteiger partial charge in [-0.2, -0.15) is 9.57 Å². The minimum Gasteiger partial charge on any atom is -0.369 e. The van der Waals surface area contributed by atoms with Gasteiger partial charge < -0.3 is 5.73 Å². The maximum Gasteiger partial charge on any atom is 0.232 e. The molecule has 2 N–H and O–H groups in total. The van der Waals surface area contributed by atoms with Crippen LogP contribution in [0.5, 0.6) is 0 Å². The summed E-state index contributed by atoms with van der Waals surface area (Å²) in [6, 6.07) is 1.55. The number of hydrogen-bond acceptors (Lipinski definition) is 4. The SMILES string of the molecule is CC(C)CN(CC(N)=O)S(=O)(=O)CC#N. The van der Waals surface area contributed by atoms with Crippen molar-refractivity contribution in [1.82, 2.24) is 4.31 Å². The zero-order valence-electron chi connectivity index (χ0n) is 8.80. The molecule has 1 amide bonds. The number of primary amides is 1. The van der Waals surface area contributed by atoms with Gasteiger partial charge in [0.15, 0.2) is 5.75 Å². The molecule has 0 spiro atoms. The molecule has 0 radical (unpaired) electrons. The average Bonchev–Trinajstić information content (AvgIpc) is 2.00. The number of sulfonamides is 1. The molecule has 0 unspecified atom stereocenters. The van der Waals surface area contributed by atoms with Crippen LogP contribution in [0.2, 0.25) is 0 Å². The van der Waals surface area contributed by atoms with Crippen molar-refractivity contribution >= 4 is 15.9 Å². The predicted octanol–water partition coefficient (Wildman–Crippen LogP) is -0.717. The summed E-state index contributed by atoms with van der Waals surface area (Å²) in [4.78, 5) is 10.7. The van der Waals surface area contributed by atoms with E-state index in [2.05, 4.69) is 0 Å². The summed E-state index contributed by atoms with van der Waals surface area (Å²) < 4.78 is 23.9. The van der Waals surface area contributed by atoms with Gasteiger partial charge in [-0.15, -0.1) is 0 Å². The zero-order chi connectivity index (χ0) is 12.1. The van der Waals surface area contributed by atoms with Crippen LogP contribution in [0, 0.1) is 17.2 Å². The Morgan fingerprint density at radius 3 is 2.40 bits per heavy atom. The highest BCUT2D eigenvalue weighted by atomic mass is 32.2. The normalized spacial score (nSPS) is 11.7. The van der Waals surface area contributed by atoms with E-state index in [4.69, 9.17) is 11.0 Å². The fourth-order valence-corrected chi connectivity index (χ4v) is 2.23. The molecule has 6 nitrogen and oxygen atoms in total. The fraction of sp³-hybridized carbons (Fsp3) is 0.750. The monoisotopic (exact) mass is 233 g/mol. The van der Waals surface area contributed by atoms with Gasteiger partial charge in [0.1, 0.15) is 0 Å². The zero-order valence-corrected chi connectivity index (χ0v) is 9.62. The van der Waals surface area contributed by atoms with E-state index in [-0.39, 0.29) is 19.0 Å². The van der Waals surface area contributed by atoms with Crippen LogP contribution in [-0.4, -0.2) is 37.5 Å². The van der Waals surface area contributed by atoms with E-state index >= 15 is 0 Å². The van der Waals surface area contributed by atoms with Gasteiger partial charge in [0.25, 0.3) is 0 Å². The van der Waals surface area contributed by atoms with Crippen molar-refractivity contribution in [2.75, 3.05) is 18.8 Å². The van der Waals surface area contributed by atoms with Gasteiger partial charge in [0.2, 0.25) is 15.9 Å². The third-order valence-corrected chi connectivity index (χ3v) is 3.10. The number of nitrogens with zero attached hydrogens (tertiary/aromatic N) is 2. The molecular weight excluding hydrogens is 218 g/mol. The summed E-state index contributed by atoms with van der Waals surface area (Å²) in [5.41, 5.74) is 4.93. The molecule has 0 fully saturated rings. The highest BCUT2D eigenvalue weighted by Gasteiger charge is 2.23. The highest BCUT2D eigenvalue weighted by Crippen LogP contribution is 2.05. The molecule has 0 aromatic heterocycles. The Kier molecular flexibility index (Phi) is 5.25. The summed E-state index contributed by atoms with van der Waals surface area (Å²) in [5.74, 6) is -1.29. The first-order chi connectivity index (χ1) is 6.79. The van der Waals surface area contributed by atoms with E-state index in [1.54, 1.807) is 6.07 Å². The van der Waals surface area contributed by atoms with Crippen LogP contribution >= 0.6 is 0 Å². The number of carbonyl (C=O) groups is 1. The highest BCUT2D eigenvalue weighted by molar-refractivity contribution is 7.89. The number of amides is 1. The Bertz CT molecular complexity index is 356. The van der Waals surface area contributed by atoms with Gasteiger partial charge in [-0.25, -0.2) is 8.42 Å². The van der Waals surface area contributed by atoms with Crippen LogP contribution in [-0.2, 0) is 14.8 Å². The quantitative estimate of drug-likeness (QED) is 0.653. The van der Waals surface area contributed by atoms with E-state index < -0.39 is 21.7 Å². The lowest BCUT2D eigenvalue weighted by Crippen LogP contribution is -2.41. The molecule has 0 aliphatic carbocycles. The molecule has 0 saturated heterocycles.